The van der Waals surface area contributed by atoms with Gasteiger partial charge in [-0.15, -0.1) is 0 Å². The fraction of sp³-hybridized carbons (Fsp3) is 0.889. The monoisotopic (exact) mass is 354 g/mol. The molecular weight excluding hydrogens is 327 g/mol. The Kier molecular flexibility index (Phi) is 3.64. The molecule has 0 saturated heterocycles. The third-order valence-electron chi connectivity index (χ3n) is 6.98. The van der Waals surface area contributed by atoms with Gasteiger partial charge in [0.15, 0.2) is 5.17 Å². The van der Waals surface area contributed by atoms with Gasteiger partial charge in [0.2, 0.25) is 0 Å². The van der Waals surface area contributed by atoms with Crippen molar-refractivity contribution in [1.82, 2.24) is 5.32 Å². The van der Waals surface area contributed by atoms with Gasteiger partial charge in [-0.3, -0.25) is 4.79 Å². The number of carbonyl (C=O) groups is 1. The van der Waals surface area contributed by atoms with Crippen molar-refractivity contribution in [3.05, 3.63) is 0 Å². The second-order valence-electron chi connectivity index (χ2n) is 9.05. The first-order valence-corrected chi connectivity index (χ1v) is 9.90. The molecule has 5 rings (SSSR count). The van der Waals surface area contributed by atoms with Gasteiger partial charge in [0.05, 0.1) is 5.60 Å². The number of carbonyl (C=O) groups excluding carboxylic acids is 1. The summed E-state index contributed by atoms with van der Waals surface area (Å²) in [7, 11) is 0. The van der Waals surface area contributed by atoms with Crippen molar-refractivity contribution >= 4 is 22.8 Å². The summed E-state index contributed by atoms with van der Waals surface area (Å²) in [6.45, 7) is 5.52. The van der Waals surface area contributed by atoms with Crippen LogP contribution in [0.1, 0.15) is 52.9 Å². The molecule has 5 aliphatic rings. The molecule has 0 aromatic carbocycles. The van der Waals surface area contributed by atoms with Crippen molar-refractivity contribution in [2.24, 2.45) is 28.7 Å². The number of thioether (sulfide) groups is 1. The first-order valence-electron chi connectivity index (χ1n) is 9.08. The van der Waals surface area contributed by atoms with E-state index >= 15 is 4.39 Å². The largest absolute Gasteiger partial charge is 0.388 e. The number of hydrogen-bond donors (Lipinski definition) is 2. The highest BCUT2D eigenvalue weighted by Gasteiger charge is 2.58. The number of nitrogens with zero attached hydrogens (tertiary/aromatic N) is 1. The zero-order valence-electron chi connectivity index (χ0n) is 14.6. The van der Waals surface area contributed by atoms with Crippen molar-refractivity contribution < 1.29 is 14.3 Å². The molecule has 0 aromatic heterocycles. The van der Waals surface area contributed by atoms with Crippen LogP contribution in [-0.2, 0) is 4.79 Å². The van der Waals surface area contributed by atoms with Gasteiger partial charge in [-0.1, -0.05) is 11.8 Å². The molecule has 1 heterocycles. The Labute approximate surface area is 147 Å². The highest BCUT2D eigenvalue weighted by atomic mass is 32.2. The fourth-order valence-corrected chi connectivity index (χ4v) is 6.57. The van der Waals surface area contributed by atoms with E-state index in [9.17, 15) is 9.90 Å². The minimum atomic E-state index is -1.16. The lowest BCUT2D eigenvalue weighted by molar-refractivity contribution is -0.124. The molecule has 4 saturated carbocycles. The molecule has 4 nitrogen and oxygen atoms in total. The minimum Gasteiger partial charge on any atom is -0.388 e. The molecule has 134 valence electrons. The molecule has 6 heteroatoms. The highest BCUT2D eigenvalue weighted by molar-refractivity contribution is 8.16. The van der Waals surface area contributed by atoms with Crippen LogP contribution in [0.15, 0.2) is 4.99 Å². The average Bonchev–Trinajstić information content (AvgIpc) is 2.72. The maximum absolute atomic E-state index is 15.4. The maximum atomic E-state index is 15.4. The van der Waals surface area contributed by atoms with Crippen LogP contribution in [0.5, 0.6) is 0 Å². The smallest absolute Gasteiger partial charge is 0.267 e. The van der Waals surface area contributed by atoms with Crippen LogP contribution in [0, 0.1) is 23.7 Å². The zero-order chi connectivity index (χ0) is 17.3. The van der Waals surface area contributed by atoms with Gasteiger partial charge in [0.25, 0.3) is 5.91 Å². The van der Waals surface area contributed by atoms with Gasteiger partial charge in [-0.2, -0.15) is 4.99 Å². The van der Waals surface area contributed by atoms with Gasteiger partial charge >= 0.3 is 0 Å². The van der Waals surface area contributed by atoms with E-state index in [0.29, 0.717) is 42.3 Å². The van der Waals surface area contributed by atoms with Crippen LogP contribution in [0.25, 0.3) is 0 Å². The van der Waals surface area contributed by atoms with Crippen LogP contribution in [0.4, 0.5) is 4.39 Å². The van der Waals surface area contributed by atoms with Crippen LogP contribution in [-0.4, -0.2) is 38.7 Å². The van der Waals surface area contributed by atoms with Crippen molar-refractivity contribution in [2.45, 2.75) is 68.9 Å². The molecular formula is C18H27FN2O2S. The lowest BCUT2D eigenvalue weighted by atomic mass is 9.50. The number of halogens is 1. The summed E-state index contributed by atoms with van der Waals surface area (Å²) < 4.78 is 14.5. The lowest BCUT2D eigenvalue weighted by Gasteiger charge is -2.57. The summed E-state index contributed by atoms with van der Waals surface area (Å²) in [6.07, 6.45) is 4.98. The number of nitrogens with one attached hydrogen (secondary N) is 1. The first kappa shape index (κ1) is 16.8. The predicted molar refractivity (Wildman–Crippen MR) is 93.6 cm³/mol. The van der Waals surface area contributed by atoms with Gasteiger partial charge in [-0.05, 0) is 70.6 Å². The second-order valence-corrected chi connectivity index (χ2v) is 10.5. The number of amidine groups is 1. The van der Waals surface area contributed by atoms with Crippen LogP contribution in [0.3, 0.4) is 0 Å². The van der Waals surface area contributed by atoms with Crippen molar-refractivity contribution in [1.29, 1.82) is 0 Å². The van der Waals surface area contributed by atoms with Gasteiger partial charge in [0, 0.05) is 12.5 Å². The van der Waals surface area contributed by atoms with Crippen molar-refractivity contribution in [2.75, 3.05) is 6.54 Å². The number of rotatable bonds is 3. The Morgan fingerprint density at radius 1 is 1.33 bits per heavy atom. The summed E-state index contributed by atoms with van der Waals surface area (Å²) in [4.78, 5) is 16.3. The Morgan fingerprint density at radius 2 is 1.96 bits per heavy atom. The first-order chi connectivity index (χ1) is 11.1. The van der Waals surface area contributed by atoms with Crippen molar-refractivity contribution in [3.8, 4) is 0 Å². The lowest BCUT2D eigenvalue weighted by Crippen LogP contribution is -2.57. The minimum absolute atomic E-state index is 0.0256. The molecule has 4 aliphatic carbocycles. The van der Waals surface area contributed by atoms with Crippen LogP contribution in [0.2, 0.25) is 0 Å². The summed E-state index contributed by atoms with van der Waals surface area (Å²) in [6, 6.07) is 0. The SMILES string of the molecule is CC(C)(O)C1(C)SC(NCC2C3CC4CC(C3)CC2(F)C4)=NC1=O. The molecule has 4 unspecified atom stereocenters. The number of alkyl halides is 1. The quantitative estimate of drug-likeness (QED) is 0.818. The van der Waals surface area contributed by atoms with E-state index in [4.69, 9.17) is 0 Å². The molecule has 4 bridgehead atoms. The molecule has 2 N–H and O–H groups in total. The van der Waals surface area contributed by atoms with E-state index in [0.717, 1.165) is 12.8 Å². The Balaban J connectivity index is 1.43. The standard InChI is InChI=1S/C18H27FN2O2S/c1-16(2,23)17(3)14(22)21-15(24-17)20-9-13-12-5-10-4-11(6-12)8-18(13,19)7-10/h10-13,23H,4-9H2,1-3H3,(H,20,21,22). The van der Waals surface area contributed by atoms with Gasteiger partial charge in [0.1, 0.15) is 10.4 Å². The molecule has 4 atom stereocenters. The van der Waals surface area contributed by atoms with E-state index in [1.807, 2.05) is 0 Å². The summed E-state index contributed by atoms with van der Waals surface area (Å²) >= 11 is 1.27. The number of aliphatic hydroxyl groups is 1. The average molecular weight is 354 g/mol. The Morgan fingerprint density at radius 3 is 2.46 bits per heavy atom. The van der Waals surface area contributed by atoms with E-state index < -0.39 is 16.0 Å². The van der Waals surface area contributed by atoms with Crippen LogP contribution < -0.4 is 5.32 Å². The number of aliphatic imine (C=N–C) groups is 1. The molecule has 0 spiro atoms. The predicted octanol–water partition coefficient (Wildman–Crippen LogP) is 2.90. The van der Waals surface area contributed by atoms with E-state index in [1.54, 1.807) is 20.8 Å². The number of hydrogen-bond acceptors (Lipinski definition) is 4. The summed E-state index contributed by atoms with van der Waals surface area (Å²) in [5, 5.41) is 14.0. The molecule has 24 heavy (non-hydrogen) atoms. The molecule has 1 amide bonds. The molecule has 4 fully saturated rings. The highest BCUT2D eigenvalue weighted by Crippen LogP contribution is 2.60. The Hall–Kier alpha value is -0.620. The van der Waals surface area contributed by atoms with Crippen LogP contribution >= 0.6 is 11.8 Å². The van der Waals surface area contributed by atoms with Gasteiger partial charge < -0.3 is 10.4 Å². The molecule has 0 aromatic rings. The zero-order valence-corrected chi connectivity index (χ0v) is 15.5. The number of amides is 1. The maximum Gasteiger partial charge on any atom is 0.267 e. The third-order valence-corrected chi connectivity index (χ3v) is 8.49. The topological polar surface area (TPSA) is 61.7 Å². The molecule has 1 aliphatic heterocycles. The van der Waals surface area contributed by atoms with Gasteiger partial charge in [-0.25, -0.2) is 4.39 Å². The van der Waals surface area contributed by atoms with E-state index in [1.165, 1.54) is 18.2 Å². The van der Waals surface area contributed by atoms with Crippen molar-refractivity contribution in [3.63, 3.8) is 0 Å². The fourth-order valence-electron chi connectivity index (χ4n) is 5.51. The van der Waals surface area contributed by atoms with E-state index in [-0.39, 0.29) is 11.8 Å². The summed E-state index contributed by atoms with van der Waals surface area (Å²) in [5.41, 5.74) is -2.19. The van der Waals surface area contributed by atoms with E-state index in [2.05, 4.69) is 10.3 Å². The molecule has 0 radical (unpaired) electrons. The Bertz CT molecular complexity index is 588. The summed E-state index contributed by atoms with van der Waals surface area (Å²) in [5.74, 6) is 1.35. The third kappa shape index (κ3) is 2.44. The normalized spacial score (nSPS) is 47.2. The second kappa shape index (κ2) is 5.19.